The number of aryl methyl sites for hydroxylation is 3. The van der Waals surface area contributed by atoms with Crippen LogP contribution in [0, 0.1) is 20.8 Å². The Kier molecular flexibility index (Phi) is 5.51. The van der Waals surface area contributed by atoms with Crippen molar-refractivity contribution in [3.05, 3.63) is 89.0 Å². The molecule has 0 fully saturated rings. The normalized spacial score (nSPS) is 11.1. The Labute approximate surface area is 165 Å². The van der Waals surface area contributed by atoms with Crippen molar-refractivity contribution >= 4 is 27.3 Å². The average molecular weight is 394 g/mol. The smallest absolute Gasteiger partial charge is 0.262 e. The van der Waals surface area contributed by atoms with Crippen molar-refractivity contribution in [3.8, 4) is 0 Å². The summed E-state index contributed by atoms with van der Waals surface area (Å²) in [6, 6.07) is 19.1. The Bertz CT molecular complexity index is 1120. The second-order valence-electron chi connectivity index (χ2n) is 6.78. The van der Waals surface area contributed by atoms with Gasteiger partial charge < -0.3 is 5.32 Å². The lowest BCUT2D eigenvalue weighted by Gasteiger charge is -2.12. The number of sulfonamides is 1. The van der Waals surface area contributed by atoms with Gasteiger partial charge in [0.25, 0.3) is 15.9 Å². The molecule has 0 saturated heterocycles. The van der Waals surface area contributed by atoms with Gasteiger partial charge in [-0.05, 0) is 79.9 Å². The molecular formula is C22H22N2O3S. The molecule has 0 aliphatic carbocycles. The molecule has 0 saturated carbocycles. The molecular weight excluding hydrogens is 372 g/mol. The number of carbonyl (C=O) groups is 1. The SMILES string of the molecule is Cc1cccc(NC(=O)c2ccc(NS(=O)(=O)c3cc(C)ccc3C)cc2)c1. The molecule has 0 radical (unpaired) electrons. The van der Waals surface area contributed by atoms with Crippen LogP contribution in [0.15, 0.2) is 71.6 Å². The van der Waals surface area contributed by atoms with Crippen molar-refractivity contribution in [3.63, 3.8) is 0 Å². The zero-order valence-electron chi connectivity index (χ0n) is 16.0. The first-order chi connectivity index (χ1) is 13.2. The largest absolute Gasteiger partial charge is 0.322 e. The summed E-state index contributed by atoms with van der Waals surface area (Å²) in [7, 11) is -3.70. The number of amides is 1. The summed E-state index contributed by atoms with van der Waals surface area (Å²) in [4.78, 5) is 12.6. The molecule has 0 aromatic heterocycles. The van der Waals surface area contributed by atoms with E-state index in [1.807, 2.05) is 44.2 Å². The predicted molar refractivity (Wildman–Crippen MR) is 112 cm³/mol. The van der Waals surface area contributed by atoms with E-state index in [9.17, 15) is 13.2 Å². The first-order valence-corrected chi connectivity index (χ1v) is 10.3. The van der Waals surface area contributed by atoms with Crippen LogP contribution in [0.4, 0.5) is 11.4 Å². The summed E-state index contributed by atoms with van der Waals surface area (Å²) in [6.45, 7) is 5.55. The highest BCUT2D eigenvalue weighted by Crippen LogP contribution is 2.21. The fourth-order valence-corrected chi connectivity index (χ4v) is 4.21. The molecule has 0 atom stereocenters. The predicted octanol–water partition coefficient (Wildman–Crippen LogP) is 4.66. The summed E-state index contributed by atoms with van der Waals surface area (Å²) in [5, 5.41) is 2.83. The van der Waals surface area contributed by atoms with Gasteiger partial charge in [-0.2, -0.15) is 0 Å². The zero-order chi connectivity index (χ0) is 20.3. The molecule has 3 aromatic rings. The first kappa shape index (κ1) is 19.6. The number of benzene rings is 3. The standard InChI is InChI=1S/C22H22N2O3S/c1-15-5-4-6-20(13-15)23-22(25)18-9-11-19(12-10-18)24-28(26,27)21-14-16(2)7-8-17(21)3/h4-14,24H,1-3H3,(H,23,25). The molecule has 5 nitrogen and oxygen atoms in total. The van der Waals surface area contributed by atoms with Crippen LogP contribution in [0.3, 0.4) is 0 Å². The molecule has 0 aliphatic rings. The zero-order valence-corrected chi connectivity index (χ0v) is 16.8. The Morgan fingerprint density at radius 3 is 2.14 bits per heavy atom. The van der Waals surface area contributed by atoms with Gasteiger partial charge in [-0.25, -0.2) is 8.42 Å². The fourth-order valence-electron chi connectivity index (χ4n) is 2.82. The molecule has 0 spiro atoms. The van der Waals surface area contributed by atoms with E-state index < -0.39 is 10.0 Å². The first-order valence-electron chi connectivity index (χ1n) is 8.83. The molecule has 144 valence electrons. The van der Waals surface area contributed by atoms with Crippen LogP contribution in [-0.4, -0.2) is 14.3 Å². The third-order valence-corrected chi connectivity index (χ3v) is 5.83. The van der Waals surface area contributed by atoms with E-state index in [2.05, 4.69) is 10.0 Å². The maximum absolute atomic E-state index is 12.7. The van der Waals surface area contributed by atoms with Crippen molar-refractivity contribution < 1.29 is 13.2 Å². The highest BCUT2D eigenvalue weighted by molar-refractivity contribution is 7.92. The van der Waals surface area contributed by atoms with Crippen LogP contribution in [0.1, 0.15) is 27.0 Å². The highest BCUT2D eigenvalue weighted by atomic mass is 32.2. The van der Waals surface area contributed by atoms with Gasteiger partial charge in [0.2, 0.25) is 0 Å². The third kappa shape index (κ3) is 4.58. The van der Waals surface area contributed by atoms with E-state index in [1.165, 1.54) is 0 Å². The van der Waals surface area contributed by atoms with E-state index in [4.69, 9.17) is 0 Å². The Hall–Kier alpha value is -3.12. The number of carbonyl (C=O) groups excluding carboxylic acids is 1. The van der Waals surface area contributed by atoms with Crippen molar-refractivity contribution in [2.45, 2.75) is 25.7 Å². The summed E-state index contributed by atoms with van der Waals surface area (Å²) < 4.78 is 27.9. The van der Waals surface area contributed by atoms with Gasteiger partial charge >= 0.3 is 0 Å². The van der Waals surface area contributed by atoms with Crippen LogP contribution in [0.2, 0.25) is 0 Å². The number of nitrogens with one attached hydrogen (secondary N) is 2. The van der Waals surface area contributed by atoms with Crippen molar-refractivity contribution in [1.29, 1.82) is 0 Å². The fraction of sp³-hybridized carbons (Fsp3) is 0.136. The van der Waals surface area contributed by atoms with Gasteiger partial charge in [-0.15, -0.1) is 0 Å². The van der Waals surface area contributed by atoms with Crippen molar-refractivity contribution in [1.82, 2.24) is 0 Å². The van der Waals surface area contributed by atoms with Gasteiger partial charge in [-0.3, -0.25) is 9.52 Å². The maximum Gasteiger partial charge on any atom is 0.262 e. The molecule has 1 amide bonds. The molecule has 3 aromatic carbocycles. The monoisotopic (exact) mass is 394 g/mol. The number of hydrogen-bond donors (Lipinski definition) is 2. The van der Waals surface area contributed by atoms with E-state index >= 15 is 0 Å². The summed E-state index contributed by atoms with van der Waals surface area (Å²) >= 11 is 0. The quantitative estimate of drug-likeness (QED) is 0.661. The van der Waals surface area contributed by atoms with Crippen molar-refractivity contribution in [2.24, 2.45) is 0 Å². The van der Waals surface area contributed by atoms with Gasteiger partial charge in [-0.1, -0.05) is 24.3 Å². The van der Waals surface area contributed by atoms with E-state index in [0.717, 1.165) is 11.1 Å². The van der Waals surface area contributed by atoms with Gasteiger partial charge in [0.15, 0.2) is 0 Å². The van der Waals surface area contributed by atoms with Gasteiger partial charge in [0.1, 0.15) is 0 Å². The highest BCUT2D eigenvalue weighted by Gasteiger charge is 2.17. The van der Waals surface area contributed by atoms with E-state index in [0.29, 0.717) is 22.5 Å². The van der Waals surface area contributed by atoms with Crippen molar-refractivity contribution in [2.75, 3.05) is 10.0 Å². The van der Waals surface area contributed by atoms with E-state index in [1.54, 1.807) is 43.3 Å². The molecule has 0 bridgehead atoms. The topological polar surface area (TPSA) is 75.3 Å². The Balaban J connectivity index is 1.75. The van der Waals surface area contributed by atoms with Gasteiger partial charge in [0, 0.05) is 16.9 Å². The summed E-state index contributed by atoms with van der Waals surface area (Å²) in [6.07, 6.45) is 0. The number of rotatable bonds is 5. The van der Waals surface area contributed by atoms with Crippen LogP contribution < -0.4 is 10.0 Å². The minimum atomic E-state index is -3.70. The third-order valence-electron chi connectivity index (χ3n) is 4.31. The number of hydrogen-bond acceptors (Lipinski definition) is 3. The van der Waals surface area contributed by atoms with Crippen LogP contribution in [0.25, 0.3) is 0 Å². The lowest BCUT2D eigenvalue weighted by Crippen LogP contribution is -2.15. The minimum Gasteiger partial charge on any atom is -0.322 e. The van der Waals surface area contributed by atoms with E-state index in [-0.39, 0.29) is 10.8 Å². The summed E-state index contributed by atoms with van der Waals surface area (Å²) in [5.41, 5.74) is 4.14. The molecule has 28 heavy (non-hydrogen) atoms. The molecule has 6 heteroatoms. The Morgan fingerprint density at radius 1 is 0.786 bits per heavy atom. The lowest BCUT2D eigenvalue weighted by atomic mass is 10.2. The molecule has 0 heterocycles. The summed E-state index contributed by atoms with van der Waals surface area (Å²) in [5.74, 6) is -0.255. The maximum atomic E-state index is 12.7. The number of anilines is 2. The average Bonchev–Trinajstić information content (AvgIpc) is 2.64. The van der Waals surface area contributed by atoms with Crippen LogP contribution in [-0.2, 0) is 10.0 Å². The van der Waals surface area contributed by atoms with Crippen LogP contribution >= 0.6 is 0 Å². The van der Waals surface area contributed by atoms with Gasteiger partial charge in [0.05, 0.1) is 4.90 Å². The lowest BCUT2D eigenvalue weighted by molar-refractivity contribution is 0.102. The van der Waals surface area contributed by atoms with Crippen LogP contribution in [0.5, 0.6) is 0 Å². The molecule has 2 N–H and O–H groups in total. The second kappa shape index (κ2) is 7.86. The minimum absolute atomic E-state index is 0.244. The molecule has 0 unspecified atom stereocenters. The Morgan fingerprint density at radius 2 is 1.46 bits per heavy atom. The molecule has 3 rings (SSSR count). The molecule has 0 aliphatic heterocycles. The second-order valence-corrected chi connectivity index (χ2v) is 8.43.